The summed E-state index contributed by atoms with van der Waals surface area (Å²) in [7, 11) is 4.15. The molecule has 0 spiro atoms. The summed E-state index contributed by atoms with van der Waals surface area (Å²) in [6, 6.07) is 26.2. The van der Waals surface area contributed by atoms with Gasteiger partial charge in [0.2, 0.25) is 0 Å². The molecular formula is C28H24N4. The summed E-state index contributed by atoms with van der Waals surface area (Å²) in [5.74, 6) is 2.00. The first kappa shape index (κ1) is 18.8. The summed E-state index contributed by atoms with van der Waals surface area (Å²) < 4.78 is 4.32. The maximum atomic E-state index is 4.95. The lowest BCUT2D eigenvalue weighted by atomic mass is 10.0. The summed E-state index contributed by atoms with van der Waals surface area (Å²) >= 11 is 0. The first-order valence-corrected chi connectivity index (χ1v) is 10.9. The quantitative estimate of drug-likeness (QED) is 0.320. The molecule has 2 heterocycles. The van der Waals surface area contributed by atoms with Crippen molar-refractivity contribution >= 4 is 32.8 Å². The standard InChI is InChI=1S/C28H24N4/c1-17-5-6-20-14-23(8-7-19(20)13-17)28-30-24-11-9-22(16-27(24)32(28)4)21-10-12-26-25(15-21)29-18(2)31(26)3/h5-16H,1-4H3. The highest BCUT2D eigenvalue weighted by molar-refractivity contribution is 5.91. The maximum absolute atomic E-state index is 4.95. The fourth-order valence-corrected chi connectivity index (χ4v) is 4.63. The average molecular weight is 417 g/mol. The van der Waals surface area contributed by atoms with Gasteiger partial charge in [0.15, 0.2) is 0 Å². The van der Waals surface area contributed by atoms with Gasteiger partial charge in [-0.1, -0.05) is 48.0 Å². The normalized spacial score (nSPS) is 11.8. The maximum Gasteiger partial charge on any atom is 0.140 e. The van der Waals surface area contributed by atoms with Crippen LogP contribution in [0.25, 0.3) is 55.4 Å². The van der Waals surface area contributed by atoms with Crippen molar-refractivity contribution < 1.29 is 0 Å². The van der Waals surface area contributed by atoms with E-state index in [4.69, 9.17) is 9.97 Å². The van der Waals surface area contributed by atoms with E-state index in [1.807, 2.05) is 6.92 Å². The number of imidazole rings is 2. The second-order valence-corrected chi connectivity index (χ2v) is 8.68. The van der Waals surface area contributed by atoms with Gasteiger partial charge in [0.25, 0.3) is 0 Å². The van der Waals surface area contributed by atoms with Crippen LogP contribution in [0.2, 0.25) is 0 Å². The second kappa shape index (κ2) is 6.79. The Hall–Kier alpha value is -3.92. The van der Waals surface area contributed by atoms with Crippen LogP contribution in [-0.2, 0) is 14.1 Å². The molecule has 0 unspecified atom stereocenters. The highest BCUT2D eigenvalue weighted by Gasteiger charge is 2.13. The number of hydrogen-bond donors (Lipinski definition) is 0. The lowest BCUT2D eigenvalue weighted by Gasteiger charge is -2.06. The lowest BCUT2D eigenvalue weighted by molar-refractivity contribution is 0.886. The topological polar surface area (TPSA) is 35.6 Å². The number of benzene rings is 4. The van der Waals surface area contributed by atoms with E-state index in [2.05, 4.69) is 103 Å². The zero-order chi connectivity index (χ0) is 22.0. The molecule has 0 aliphatic carbocycles. The zero-order valence-corrected chi connectivity index (χ0v) is 18.7. The summed E-state index contributed by atoms with van der Waals surface area (Å²) in [6.07, 6.45) is 0. The predicted octanol–water partition coefficient (Wildman–Crippen LogP) is 6.56. The number of fused-ring (bicyclic) bond motifs is 3. The average Bonchev–Trinajstić information content (AvgIpc) is 3.28. The molecule has 0 aliphatic rings. The molecule has 0 N–H and O–H groups in total. The van der Waals surface area contributed by atoms with Crippen LogP contribution in [0, 0.1) is 13.8 Å². The van der Waals surface area contributed by atoms with Crippen molar-refractivity contribution in [3.63, 3.8) is 0 Å². The molecule has 6 rings (SSSR count). The molecule has 0 saturated heterocycles. The summed E-state index contributed by atoms with van der Waals surface area (Å²) in [5.41, 5.74) is 9.06. The van der Waals surface area contributed by atoms with Crippen LogP contribution in [0.15, 0.2) is 72.8 Å². The van der Waals surface area contributed by atoms with Crippen molar-refractivity contribution in [3.8, 4) is 22.5 Å². The van der Waals surface area contributed by atoms with Gasteiger partial charge in [0.1, 0.15) is 11.6 Å². The van der Waals surface area contributed by atoms with E-state index in [-0.39, 0.29) is 0 Å². The third-order valence-electron chi connectivity index (χ3n) is 6.57. The third-order valence-corrected chi connectivity index (χ3v) is 6.57. The number of hydrogen-bond acceptors (Lipinski definition) is 2. The SMILES string of the molecule is Cc1ccc2cc(-c3nc4ccc(-c5ccc6c(c5)nc(C)n6C)cc4n3C)ccc2c1. The molecular weight excluding hydrogens is 392 g/mol. The molecule has 0 radical (unpaired) electrons. The molecule has 4 nitrogen and oxygen atoms in total. The Morgan fingerprint density at radius 2 is 1.28 bits per heavy atom. The number of nitrogens with zero attached hydrogens (tertiary/aromatic N) is 4. The first-order valence-electron chi connectivity index (χ1n) is 10.9. The van der Waals surface area contributed by atoms with Crippen molar-refractivity contribution in [2.24, 2.45) is 14.1 Å². The molecule has 0 fully saturated rings. The van der Waals surface area contributed by atoms with E-state index >= 15 is 0 Å². The molecule has 32 heavy (non-hydrogen) atoms. The van der Waals surface area contributed by atoms with Crippen molar-refractivity contribution in [3.05, 3.63) is 84.2 Å². The predicted molar refractivity (Wildman–Crippen MR) is 133 cm³/mol. The second-order valence-electron chi connectivity index (χ2n) is 8.68. The molecule has 2 aromatic heterocycles. The molecule has 0 bridgehead atoms. The monoisotopic (exact) mass is 416 g/mol. The van der Waals surface area contributed by atoms with Crippen LogP contribution in [0.4, 0.5) is 0 Å². The van der Waals surface area contributed by atoms with Gasteiger partial charge in [-0.25, -0.2) is 9.97 Å². The van der Waals surface area contributed by atoms with Gasteiger partial charge < -0.3 is 9.13 Å². The number of rotatable bonds is 2. The molecule has 0 amide bonds. The first-order chi connectivity index (χ1) is 15.5. The number of aryl methyl sites for hydroxylation is 4. The summed E-state index contributed by atoms with van der Waals surface area (Å²) in [5, 5.41) is 2.50. The number of aromatic nitrogens is 4. The molecule has 4 heteroatoms. The Morgan fingerprint density at radius 1 is 0.562 bits per heavy atom. The minimum atomic E-state index is 0.982. The van der Waals surface area contributed by atoms with Crippen molar-refractivity contribution in [1.29, 1.82) is 0 Å². The van der Waals surface area contributed by atoms with E-state index in [0.29, 0.717) is 0 Å². The summed E-state index contributed by atoms with van der Waals surface area (Å²) in [4.78, 5) is 9.65. The van der Waals surface area contributed by atoms with Crippen LogP contribution >= 0.6 is 0 Å². The Bertz CT molecular complexity index is 1670. The van der Waals surface area contributed by atoms with Crippen molar-refractivity contribution in [2.45, 2.75) is 13.8 Å². The molecule has 0 saturated carbocycles. The molecule has 156 valence electrons. The highest BCUT2D eigenvalue weighted by atomic mass is 15.1. The molecule has 0 aliphatic heterocycles. The van der Waals surface area contributed by atoms with Crippen molar-refractivity contribution in [2.75, 3.05) is 0 Å². The smallest absolute Gasteiger partial charge is 0.140 e. The van der Waals surface area contributed by atoms with E-state index < -0.39 is 0 Å². The van der Waals surface area contributed by atoms with Gasteiger partial charge in [-0.2, -0.15) is 0 Å². The van der Waals surface area contributed by atoms with Gasteiger partial charge in [-0.3, -0.25) is 0 Å². The van der Waals surface area contributed by atoms with E-state index in [1.54, 1.807) is 0 Å². The Morgan fingerprint density at radius 3 is 2.16 bits per heavy atom. The fourth-order valence-electron chi connectivity index (χ4n) is 4.63. The van der Waals surface area contributed by atoms with Gasteiger partial charge in [0, 0.05) is 19.7 Å². The zero-order valence-electron chi connectivity index (χ0n) is 18.7. The molecule has 4 aromatic carbocycles. The Kier molecular flexibility index (Phi) is 3.99. The van der Waals surface area contributed by atoms with Gasteiger partial charge in [-0.15, -0.1) is 0 Å². The van der Waals surface area contributed by atoms with Gasteiger partial charge in [0.05, 0.1) is 22.1 Å². The van der Waals surface area contributed by atoms with Gasteiger partial charge >= 0.3 is 0 Å². The summed E-state index contributed by atoms with van der Waals surface area (Å²) in [6.45, 7) is 4.17. The van der Waals surface area contributed by atoms with Gasteiger partial charge in [-0.05, 0) is 66.1 Å². The molecule has 0 atom stereocenters. The third kappa shape index (κ3) is 2.83. The fraction of sp³-hybridized carbons (Fsp3) is 0.143. The van der Waals surface area contributed by atoms with E-state index in [9.17, 15) is 0 Å². The Labute approximate surface area is 186 Å². The minimum absolute atomic E-state index is 0.982. The lowest BCUT2D eigenvalue weighted by Crippen LogP contribution is -1.93. The van der Waals surface area contributed by atoms with Crippen molar-refractivity contribution in [1.82, 2.24) is 19.1 Å². The Balaban J connectivity index is 1.46. The van der Waals surface area contributed by atoms with Crippen LogP contribution in [0.5, 0.6) is 0 Å². The van der Waals surface area contributed by atoms with Crippen LogP contribution in [0.1, 0.15) is 11.4 Å². The van der Waals surface area contributed by atoms with E-state index in [0.717, 1.165) is 39.3 Å². The van der Waals surface area contributed by atoms with Crippen LogP contribution in [-0.4, -0.2) is 19.1 Å². The van der Waals surface area contributed by atoms with Crippen LogP contribution < -0.4 is 0 Å². The highest BCUT2D eigenvalue weighted by Crippen LogP contribution is 2.31. The minimum Gasteiger partial charge on any atom is -0.331 e. The van der Waals surface area contributed by atoms with Crippen LogP contribution in [0.3, 0.4) is 0 Å². The largest absolute Gasteiger partial charge is 0.331 e. The molecule has 6 aromatic rings. The van der Waals surface area contributed by atoms with E-state index in [1.165, 1.54) is 27.5 Å².